The fraction of sp³-hybridized carbons (Fsp3) is 0.250. The van der Waals surface area contributed by atoms with Gasteiger partial charge in [-0.15, -0.1) is 0 Å². The molecular formula is C20H19ClN2O5. The van der Waals surface area contributed by atoms with Gasteiger partial charge < -0.3 is 9.15 Å². The molecule has 146 valence electrons. The minimum absolute atomic E-state index is 0.00794. The van der Waals surface area contributed by atoms with Crippen LogP contribution in [0.1, 0.15) is 31.6 Å². The number of carbonyl (C=O) groups is 3. The predicted molar refractivity (Wildman–Crippen MR) is 103 cm³/mol. The highest BCUT2D eigenvalue weighted by atomic mass is 35.5. The highest BCUT2D eigenvalue weighted by molar-refractivity contribution is 6.33. The van der Waals surface area contributed by atoms with Crippen LogP contribution in [-0.4, -0.2) is 28.8 Å². The van der Waals surface area contributed by atoms with Crippen LogP contribution < -0.4 is 10.1 Å². The Kier molecular flexibility index (Phi) is 5.84. The van der Waals surface area contributed by atoms with Gasteiger partial charge in [0.05, 0.1) is 23.9 Å². The number of rotatable bonds is 6. The van der Waals surface area contributed by atoms with Gasteiger partial charge in [0.2, 0.25) is 0 Å². The highest BCUT2D eigenvalue weighted by Crippen LogP contribution is 2.28. The van der Waals surface area contributed by atoms with Gasteiger partial charge in [-0.3, -0.25) is 19.8 Å². The zero-order chi connectivity index (χ0) is 20.3. The molecule has 28 heavy (non-hydrogen) atoms. The standard InChI is InChI=1S/C20H19ClN2O5/c1-3-12(2)28-17-7-6-13(10-16(17)21)9-15-18(24)22-20(26)23(19(15)25)11-14-5-4-8-27-14/h4-10,12H,3,11H2,1-2H3,(H,22,24,26)/b15-9+/t12-/m0/s1. The van der Waals surface area contributed by atoms with Crippen molar-refractivity contribution in [1.29, 1.82) is 0 Å². The van der Waals surface area contributed by atoms with Gasteiger partial charge in [-0.2, -0.15) is 0 Å². The Morgan fingerprint density at radius 2 is 2.07 bits per heavy atom. The molecule has 8 heteroatoms. The van der Waals surface area contributed by atoms with E-state index in [1.54, 1.807) is 30.3 Å². The van der Waals surface area contributed by atoms with Crippen LogP contribution in [0.4, 0.5) is 4.79 Å². The van der Waals surface area contributed by atoms with E-state index in [9.17, 15) is 14.4 Å². The number of imide groups is 2. The summed E-state index contributed by atoms with van der Waals surface area (Å²) in [6.45, 7) is 3.85. The molecule has 1 aliphatic rings. The van der Waals surface area contributed by atoms with Crippen molar-refractivity contribution < 1.29 is 23.5 Å². The van der Waals surface area contributed by atoms with Crippen molar-refractivity contribution in [1.82, 2.24) is 10.2 Å². The number of carbonyl (C=O) groups excluding carboxylic acids is 3. The van der Waals surface area contributed by atoms with Gasteiger partial charge in [0.15, 0.2) is 0 Å². The Bertz CT molecular complexity index is 936. The molecule has 1 atom stereocenters. The smallest absolute Gasteiger partial charge is 0.331 e. The summed E-state index contributed by atoms with van der Waals surface area (Å²) in [6.07, 6.45) is 3.66. The number of urea groups is 1. The van der Waals surface area contributed by atoms with Gasteiger partial charge in [0.1, 0.15) is 17.1 Å². The van der Waals surface area contributed by atoms with Gasteiger partial charge in [0, 0.05) is 0 Å². The second kappa shape index (κ2) is 8.31. The number of furan rings is 1. The Morgan fingerprint density at radius 1 is 1.29 bits per heavy atom. The van der Waals surface area contributed by atoms with Crippen LogP contribution in [0.5, 0.6) is 5.75 Å². The summed E-state index contributed by atoms with van der Waals surface area (Å²) >= 11 is 6.25. The van der Waals surface area contributed by atoms with Gasteiger partial charge >= 0.3 is 6.03 Å². The van der Waals surface area contributed by atoms with Crippen molar-refractivity contribution in [3.63, 3.8) is 0 Å². The van der Waals surface area contributed by atoms with E-state index in [1.165, 1.54) is 12.3 Å². The SMILES string of the molecule is CC[C@H](C)Oc1ccc(/C=C2\C(=O)NC(=O)N(Cc3ccco3)C2=O)cc1Cl. The number of hydrogen-bond acceptors (Lipinski definition) is 5. The number of nitrogens with one attached hydrogen (secondary N) is 1. The van der Waals surface area contributed by atoms with Crippen LogP contribution in [0.2, 0.25) is 5.02 Å². The molecule has 1 aliphatic heterocycles. The molecular weight excluding hydrogens is 384 g/mol. The largest absolute Gasteiger partial charge is 0.489 e. The Hall–Kier alpha value is -3.06. The van der Waals surface area contributed by atoms with E-state index < -0.39 is 17.8 Å². The third-order valence-corrected chi connectivity index (χ3v) is 4.55. The molecule has 0 radical (unpaired) electrons. The molecule has 7 nitrogen and oxygen atoms in total. The summed E-state index contributed by atoms with van der Waals surface area (Å²) in [5, 5.41) is 2.52. The average Bonchev–Trinajstić information content (AvgIpc) is 3.17. The van der Waals surface area contributed by atoms with Crippen LogP contribution in [0.25, 0.3) is 6.08 Å². The van der Waals surface area contributed by atoms with E-state index in [1.807, 2.05) is 13.8 Å². The molecule has 4 amide bonds. The second-order valence-electron chi connectivity index (χ2n) is 6.31. The Morgan fingerprint density at radius 3 is 2.71 bits per heavy atom. The number of amides is 4. The first-order chi connectivity index (χ1) is 13.4. The lowest BCUT2D eigenvalue weighted by molar-refractivity contribution is -0.130. The Balaban J connectivity index is 1.85. The van der Waals surface area contributed by atoms with Gasteiger partial charge in [-0.1, -0.05) is 24.6 Å². The summed E-state index contributed by atoms with van der Waals surface area (Å²) in [5.74, 6) is -0.526. The lowest BCUT2D eigenvalue weighted by atomic mass is 10.1. The van der Waals surface area contributed by atoms with Gasteiger partial charge in [-0.05, 0) is 49.2 Å². The van der Waals surface area contributed by atoms with Crippen LogP contribution in [0.3, 0.4) is 0 Å². The van der Waals surface area contributed by atoms with Crippen molar-refractivity contribution >= 4 is 35.5 Å². The summed E-state index contributed by atoms with van der Waals surface area (Å²) < 4.78 is 10.9. The molecule has 0 aliphatic carbocycles. The first kappa shape index (κ1) is 19.7. The molecule has 1 aromatic heterocycles. The minimum Gasteiger partial charge on any atom is -0.489 e. The second-order valence-corrected chi connectivity index (χ2v) is 6.72. The molecule has 0 bridgehead atoms. The fourth-order valence-electron chi connectivity index (χ4n) is 2.57. The maximum Gasteiger partial charge on any atom is 0.331 e. The van der Waals surface area contributed by atoms with Crippen molar-refractivity contribution in [3.8, 4) is 5.75 Å². The highest BCUT2D eigenvalue weighted by Gasteiger charge is 2.36. The quantitative estimate of drug-likeness (QED) is 0.586. The first-order valence-electron chi connectivity index (χ1n) is 8.76. The van der Waals surface area contributed by atoms with Crippen molar-refractivity contribution in [2.45, 2.75) is 32.9 Å². The molecule has 0 spiro atoms. The average molecular weight is 403 g/mol. The maximum atomic E-state index is 12.7. The number of halogens is 1. The predicted octanol–water partition coefficient (Wildman–Crippen LogP) is 3.77. The van der Waals surface area contributed by atoms with Crippen molar-refractivity contribution in [2.75, 3.05) is 0 Å². The van der Waals surface area contributed by atoms with Crippen LogP contribution >= 0.6 is 11.6 Å². The topological polar surface area (TPSA) is 88.8 Å². The van der Waals surface area contributed by atoms with Gasteiger partial charge in [-0.25, -0.2) is 4.79 Å². The van der Waals surface area contributed by atoms with E-state index in [4.69, 9.17) is 20.8 Å². The summed E-state index contributed by atoms with van der Waals surface area (Å²) in [4.78, 5) is 37.8. The lowest BCUT2D eigenvalue weighted by Gasteiger charge is -2.25. The molecule has 1 saturated heterocycles. The van der Waals surface area contributed by atoms with Crippen molar-refractivity contribution in [3.05, 3.63) is 58.5 Å². The van der Waals surface area contributed by atoms with Crippen LogP contribution in [0, 0.1) is 0 Å². The van der Waals surface area contributed by atoms with E-state index in [0.717, 1.165) is 11.3 Å². The lowest BCUT2D eigenvalue weighted by Crippen LogP contribution is -2.53. The van der Waals surface area contributed by atoms with Crippen molar-refractivity contribution in [2.24, 2.45) is 0 Å². The molecule has 2 heterocycles. The molecule has 0 saturated carbocycles. The monoisotopic (exact) mass is 402 g/mol. The van der Waals surface area contributed by atoms with E-state index in [2.05, 4.69) is 5.32 Å². The summed E-state index contributed by atoms with van der Waals surface area (Å²) in [6, 6.07) is 7.45. The molecule has 1 aromatic carbocycles. The molecule has 2 aromatic rings. The summed E-state index contributed by atoms with van der Waals surface area (Å²) in [7, 11) is 0. The zero-order valence-electron chi connectivity index (χ0n) is 15.4. The van der Waals surface area contributed by atoms with Crippen LogP contribution in [0.15, 0.2) is 46.6 Å². The zero-order valence-corrected chi connectivity index (χ0v) is 16.2. The molecule has 0 unspecified atom stereocenters. The Labute approximate surface area is 166 Å². The third-order valence-electron chi connectivity index (χ3n) is 4.25. The number of nitrogens with zero attached hydrogens (tertiary/aromatic N) is 1. The number of benzene rings is 1. The molecule has 3 rings (SSSR count). The number of ether oxygens (including phenoxy) is 1. The van der Waals surface area contributed by atoms with Gasteiger partial charge in [0.25, 0.3) is 11.8 Å². The summed E-state index contributed by atoms with van der Waals surface area (Å²) in [5.41, 5.74) is 0.366. The normalized spacial score (nSPS) is 17.0. The maximum absolute atomic E-state index is 12.7. The fourth-order valence-corrected chi connectivity index (χ4v) is 2.80. The third kappa shape index (κ3) is 4.26. The van der Waals surface area contributed by atoms with E-state index in [0.29, 0.717) is 22.1 Å². The van der Waals surface area contributed by atoms with Crippen LogP contribution in [-0.2, 0) is 16.1 Å². The van der Waals surface area contributed by atoms with E-state index >= 15 is 0 Å². The first-order valence-corrected chi connectivity index (χ1v) is 9.14. The number of barbiturate groups is 1. The number of hydrogen-bond donors (Lipinski definition) is 1. The molecule has 1 N–H and O–H groups in total. The molecule has 1 fully saturated rings. The van der Waals surface area contributed by atoms with E-state index in [-0.39, 0.29) is 18.2 Å². The minimum atomic E-state index is -0.793.